The lowest BCUT2D eigenvalue weighted by atomic mass is 10.0. The predicted octanol–water partition coefficient (Wildman–Crippen LogP) is 6.28. The number of nitrogens with one attached hydrogen (secondary N) is 2. The molecule has 3 aromatic rings. The number of halogens is 3. The van der Waals surface area contributed by atoms with Crippen LogP contribution >= 0.6 is 27.3 Å². The third-order valence-electron chi connectivity index (χ3n) is 4.77. The highest BCUT2D eigenvalue weighted by molar-refractivity contribution is 9.10. The van der Waals surface area contributed by atoms with Gasteiger partial charge in [-0.2, -0.15) is 4.39 Å². The van der Waals surface area contributed by atoms with Crippen molar-refractivity contribution in [3.05, 3.63) is 57.5 Å². The summed E-state index contributed by atoms with van der Waals surface area (Å²) in [5.74, 6) is -0.104. The molecule has 0 aliphatic rings. The summed E-state index contributed by atoms with van der Waals surface area (Å²) in [6, 6.07) is 7.11. The molecule has 0 atom stereocenters. The Morgan fingerprint density at radius 2 is 1.74 bits per heavy atom. The molecule has 3 rings (SSSR count). The lowest BCUT2D eigenvalue weighted by Gasteiger charge is -2.23. The standard InChI is InChI=1S/C21H23BrF2N4O4S2.C5H12/c1-25-6-7-26-17-10-16(23)19(9-15(17)22)34(29,30)28(21-27-11-20(24)33-21)12-13-4-5-14(31-2)8-18(13)32-3;1-5(2,3)4/h4-5,8-11,25-26H,6-7,12H2,1-3H3;1-4H3. The molecule has 0 bridgehead atoms. The number of thiazole rings is 1. The lowest BCUT2D eigenvalue weighted by molar-refractivity contribution is 0.391. The largest absolute Gasteiger partial charge is 0.497 e. The average molecular weight is 650 g/mol. The number of methoxy groups -OCH3 is 2. The molecule has 1 heterocycles. The van der Waals surface area contributed by atoms with Crippen molar-refractivity contribution in [2.75, 3.05) is 44.0 Å². The van der Waals surface area contributed by atoms with E-state index in [1.807, 2.05) is 0 Å². The molecule has 13 heteroatoms. The predicted molar refractivity (Wildman–Crippen MR) is 157 cm³/mol. The van der Waals surface area contributed by atoms with Crippen LogP contribution in [-0.2, 0) is 16.6 Å². The number of hydrogen-bond donors (Lipinski definition) is 2. The van der Waals surface area contributed by atoms with Gasteiger partial charge in [-0.05, 0) is 52.7 Å². The molecule has 0 spiro atoms. The van der Waals surface area contributed by atoms with Gasteiger partial charge in [0.2, 0.25) is 5.13 Å². The highest BCUT2D eigenvalue weighted by Crippen LogP contribution is 2.36. The molecular weight excluding hydrogens is 614 g/mol. The van der Waals surface area contributed by atoms with E-state index in [4.69, 9.17) is 9.47 Å². The highest BCUT2D eigenvalue weighted by atomic mass is 79.9. The number of ether oxygens (including phenoxy) is 2. The second-order valence-corrected chi connectivity index (χ2v) is 13.6. The Bertz CT molecular complexity index is 1340. The van der Waals surface area contributed by atoms with E-state index < -0.39 is 25.9 Å². The number of benzene rings is 2. The molecule has 1 aromatic heterocycles. The number of hydrogen-bond acceptors (Lipinski definition) is 8. The topological polar surface area (TPSA) is 92.8 Å². The van der Waals surface area contributed by atoms with Crippen molar-refractivity contribution in [1.82, 2.24) is 10.3 Å². The van der Waals surface area contributed by atoms with E-state index in [1.165, 1.54) is 20.3 Å². The second kappa shape index (κ2) is 14.2. The molecule has 0 amide bonds. The molecule has 8 nitrogen and oxygen atoms in total. The summed E-state index contributed by atoms with van der Waals surface area (Å²) in [4.78, 5) is 3.30. The van der Waals surface area contributed by atoms with Crippen LogP contribution in [0.15, 0.2) is 45.9 Å². The lowest BCUT2D eigenvalue weighted by Crippen LogP contribution is -2.31. The molecule has 0 saturated carbocycles. The van der Waals surface area contributed by atoms with Gasteiger partial charge in [0.25, 0.3) is 10.0 Å². The Balaban J connectivity index is 0.000000976. The van der Waals surface area contributed by atoms with E-state index in [1.54, 1.807) is 25.2 Å². The highest BCUT2D eigenvalue weighted by Gasteiger charge is 2.32. The van der Waals surface area contributed by atoms with E-state index >= 15 is 4.39 Å². The molecule has 0 saturated heterocycles. The van der Waals surface area contributed by atoms with Crippen molar-refractivity contribution < 1.29 is 26.7 Å². The van der Waals surface area contributed by atoms with Crippen LogP contribution in [-0.4, -0.2) is 47.8 Å². The molecule has 0 aliphatic heterocycles. The second-order valence-electron chi connectivity index (χ2n) is 9.93. The average Bonchev–Trinajstić information content (AvgIpc) is 3.28. The minimum Gasteiger partial charge on any atom is -0.497 e. The number of rotatable bonds is 11. The quantitative estimate of drug-likeness (QED) is 0.236. The molecule has 216 valence electrons. The Morgan fingerprint density at radius 3 is 2.28 bits per heavy atom. The molecule has 2 N–H and O–H groups in total. The SMILES string of the molecule is CC(C)(C)C.CNCCNc1cc(F)c(S(=O)(=O)N(Cc2ccc(OC)cc2OC)c2ncc(F)s2)cc1Br. The minimum atomic E-state index is -4.49. The van der Waals surface area contributed by atoms with Gasteiger partial charge < -0.3 is 20.1 Å². The Kier molecular flexibility index (Phi) is 12.0. The summed E-state index contributed by atoms with van der Waals surface area (Å²) in [5.41, 5.74) is 1.35. The maximum Gasteiger partial charge on any atom is 0.269 e. The number of nitrogens with zero attached hydrogens (tertiary/aromatic N) is 2. The molecule has 0 aliphatic carbocycles. The summed E-state index contributed by atoms with van der Waals surface area (Å²) in [6.45, 7) is 9.60. The third kappa shape index (κ3) is 9.59. The van der Waals surface area contributed by atoms with Crippen molar-refractivity contribution in [3.8, 4) is 11.5 Å². The maximum atomic E-state index is 15.1. The summed E-state index contributed by atoms with van der Waals surface area (Å²) >= 11 is 3.84. The number of aromatic nitrogens is 1. The van der Waals surface area contributed by atoms with Crippen molar-refractivity contribution in [2.45, 2.75) is 39.1 Å². The van der Waals surface area contributed by atoms with Crippen molar-refractivity contribution in [3.63, 3.8) is 0 Å². The first-order valence-corrected chi connectivity index (χ1v) is 15.0. The molecule has 0 radical (unpaired) electrons. The van der Waals surface area contributed by atoms with E-state index in [2.05, 4.69) is 59.2 Å². The zero-order valence-corrected chi connectivity index (χ0v) is 26.3. The van der Waals surface area contributed by atoms with Gasteiger partial charge >= 0.3 is 0 Å². The van der Waals surface area contributed by atoms with Crippen molar-refractivity contribution in [1.29, 1.82) is 0 Å². The summed E-state index contributed by atoms with van der Waals surface area (Å²) in [5, 5.41) is 5.14. The van der Waals surface area contributed by atoms with Crippen LogP contribution in [0, 0.1) is 16.4 Å². The third-order valence-corrected chi connectivity index (χ3v) is 8.10. The van der Waals surface area contributed by atoms with E-state index in [0.29, 0.717) is 57.1 Å². The van der Waals surface area contributed by atoms with Crippen LogP contribution in [0.3, 0.4) is 0 Å². The first kappa shape index (κ1) is 32.7. The van der Waals surface area contributed by atoms with Crippen LogP contribution in [0.4, 0.5) is 19.6 Å². The first-order valence-electron chi connectivity index (χ1n) is 11.9. The fraction of sp³-hybridized carbons (Fsp3) is 0.423. The smallest absolute Gasteiger partial charge is 0.269 e. The first-order chi connectivity index (χ1) is 18.2. The van der Waals surface area contributed by atoms with Gasteiger partial charge in [-0.25, -0.2) is 22.1 Å². The molecule has 2 aromatic carbocycles. The van der Waals surface area contributed by atoms with Gasteiger partial charge in [0.05, 0.1) is 32.6 Å². The van der Waals surface area contributed by atoms with Crippen LogP contribution < -0.4 is 24.4 Å². The van der Waals surface area contributed by atoms with Crippen LogP contribution in [0.1, 0.15) is 33.3 Å². The van der Waals surface area contributed by atoms with Crippen LogP contribution in [0.5, 0.6) is 11.5 Å². The molecular formula is C26H35BrF2N4O4S2. The van der Waals surface area contributed by atoms with Gasteiger partial charge in [0.15, 0.2) is 5.13 Å². The molecule has 0 fully saturated rings. The Hall–Kier alpha value is -2.48. The van der Waals surface area contributed by atoms with E-state index in [9.17, 15) is 12.8 Å². The van der Waals surface area contributed by atoms with Crippen molar-refractivity contribution in [2.24, 2.45) is 5.41 Å². The number of likely N-dealkylation sites (N-methyl/N-ethyl adjacent to an activating group) is 1. The van der Waals surface area contributed by atoms with Gasteiger partial charge in [0, 0.05) is 29.2 Å². The Labute approximate surface area is 241 Å². The van der Waals surface area contributed by atoms with E-state index in [-0.39, 0.29) is 11.7 Å². The fourth-order valence-corrected chi connectivity index (χ4v) is 6.02. The number of anilines is 2. The maximum absolute atomic E-state index is 15.1. The minimum absolute atomic E-state index is 0.151. The summed E-state index contributed by atoms with van der Waals surface area (Å²) in [7, 11) is 0.201. The van der Waals surface area contributed by atoms with Crippen LogP contribution in [0.2, 0.25) is 0 Å². The van der Waals surface area contributed by atoms with Gasteiger partial charge in [0.1, 0.15) is 22.2 Å². The van der Waals surface area contributed by atoms with Gasteiger partial charge in [-0.15, -0.1) is 0 Å². The fourth-order valence-electron chi connectivity index (χ4n) is 3.06. The zero-order chi connectivity index (χ0) is 29.4. The molecule has 0 unspecified atom stereocenters. The Morgan fingerprint density at radius 1 is 1.08 bits per heavy atom. The van der Waals surface area contributed by atoms with Gasteiger partial charge in [-0.1, -0.05) is 39.0 Å². The van der Waals surface area contributed by atoms with E-state index in [0.717, 1.165) is 16.6 Å². The molecule has 39 heavy (non-hydrogen) atoms. The monoisotopic (exact) mass is 648 g/mol. The van der Waals surface area contributed by atoms with Gasteiger partial charge in [-0.3, -0.25) is 0 Å². The number of sulfonamides is 1. The normalized spacial score (nSPS) is 11.4. The van der Waals surface area contributed by atoms with Crippen molar-refractivity contribution >= 4 is 48.1 Å². The van der Waals surface area contributed by atoms with Crippen LogP contribution in [0.25, 0.3) is 0 Å². The zero-order valence-electron chi connectivity index (χ0n) is 23.1. The summed E-state index contributed by atoms with van der Waals surface area (Å²) < 4.78 is 67.9. The summed E-state index contributed by atoms with van der Waals surface area (Å²) in [6.07, 6.45) is 0.912.